The Morgan fingerprint density at radius 1 is 1.24 bits per heavy atom. The van der Waals surface area contributed by atoms with E-state index in [-0.39, 0.29) is 13.0 Å². The molecule has 0 radical (unpaired) electrons. The Balaban J connectivity index is 2.54. The lowest BCUT2D eigenvalue weighted by atomic mass is 10.2. The summed E-state index contributed by atoms with van der Waals surface area (Å²) in [7, 11) is 0. The van der Waals surface area contributed by atoms with Gasteiger partial charge >= 0.3 is 5.97 Å². The fraction of sp³-hybridized carbons (Fsp3) is 0.500. The number of hydrogen-bond donors (Lipinski definition) is 2. The van der Waals surface area contributed by atoms with Crippen LogP contribution in [0.25, 0.3) is 0 Å². The number of alkyl halides is 2. The van der Waals surface area contributed by atoms with Crippen LogP contribution in [0, 0.1) is 0 Å². The van der Waals surface area contributed by atoms with E-state index in [1.807, 2.05) is 24.3 Å². The van der Waals surface area contributed by atoms with E-state index in [2.05, 4.69) is 4.90 Å². The number of halogens is 2. The number of ether oxygens (including phenoxy) is 1. The molecule has 1 aromatic rings. The first-order valence-electron chi connectivity index (χ1n) is 6.64. The summed E-state index contributed by atoms with van der Waals surface area (Å²) in [6.07, 6.45) is -0.114. The maximum Gasteiger partial charge on any atom is 0.305 e. The van der Waals surface area contributed by atoms with Gasteiger partial charge in [0.2, 0.25) is 0 Å². The maximum absolute atomic E-state index is 10.5. The molecule has 0 saturated heterocycles. The Morgan fingerprint density at radius 2 is 1.81 bits per heavy atom. The molecule has 0 heterocycles. The number of hydrogen-bond acceptors (Lipinski definition) is 4. The number of carboxylic acid groups (broad SMARTS) is 1. The molecule has 0 aliphatic carbocycles. The standard InChI is InChI=1S/C14H20Cl2N2O3/c15-5-7-18(8-6-16)12-1-3-13(4-2-12)21-10-11(17)9-14(19)20/h1-4,11H,5-10,17H2,(H,19,20). The molecule has 1 unspecified atom stereocenters. The lowest BCUT2D eigenvalue weighted by Crippen LogP contribution is -2.30. The molecular formula is C14H20Cl2N2O3. The van der Waals surface area contributed by atoms with Gasteiger partial charge in [0.1, 0.15) is 12.4 Å². The van der Waals surface area contributed by atoms with Crippen LogP contribution in [-0.4, -0.2) is 48.6 Å². The lowest BCUT2D eigenvalue weighted by Gasteiger charge is -2.23. The van der Waals surface area contributed by atoms with E-state index in [9.17, 15) is 4.79 Å². The van der Waals surface area contributed by atoms with Gasteiger partial charge in [-0.15, -0.1) is 23.2 Å². The largest absolute Gasteiger partial charge is 0.492 e. The van der Waals surface area contributed by atoms with Gasteiger partial charge in [-0.1, -0.05) is 0 Å². The van der Waals surface area contributed by atoms with Gasteiger partial charge in [0.05, 0.1) is 6.42 Å². The fourth-order valence-corrected chi connectivity index (χ4v) is 2.22. The van der Waals surface area contributed by atoms with Crippen LogP contribution < -0.4 is 15.4 Å². The Hall–Kier alpha value is -1.17. The molecule has 0 spiro atoms. The van der Waals surface area contributed by atoms with E-state index in [1.165, 1.54) is 0 Å². The maximum atomic E-state index is 10.5. The number of nitrogens with zero attached hydrogens (tertiary/aromatic N) is 1. The van der Waals surface area contributed by atoms with Crippen LogP contribution in [0.15, 0.2) is 24.3 Å². The molecule has 1 rings (SSSR count). The molecule has 0 aliphatic heterocycles. The van der Waals surface area contributed by atoms with Crippen molar-refractivity contribution in [2.24, 2.45) is 5.73 Å². The van der Waals surface area contributed by atoms with Crippen molar-refractivity contribution in [2.75, 3.05) is 36.4 Å². The average Bonchev–Trinajstić information content (AvgIpc) is 2.45. The number of anilines is 1. The number of nitrogens with two attached hydrogens (primary N) is 1. The lowest BCUT2D eigenvalue weighted by molar-refractivity contribution is -0.137. The van der Waals surface area contributed by atoms with E-state index in [0.717, 1.165) is 18.8 Å². The Labute approximate surface area is 134 Å². The number of carbonyl (C=O) groups is 1. The van der Waals surface area contributed by atoms with Crippen LogP contribution in [0.5, 0.6) is 5.75 Å². The molecule has 1 atom stereocenters. The summed E-state index contributed by atoms with van der Waals surface area (Å²) in [5.41, 5.74) is 6.65. The quantitative estimate of drug-likeness (QED) is 0.641. The van der Waals surface area contributed by atoms with E-state index in [4.69, 9.17) is 38.8 Å². The second kappa shape index (κ2) is 9.71. The van der Waals surface area contributed by atoms with Gasteiger partial charge in [-0.25, -0.2) is 0 Å². The zero-order valence-corrected chi connectivity index (χ0v) is 13.2. The summed E-state index contributed by atoms with van der Waals surface area (Å²) in [5, 5.41) is 8.62. The molecular weight excluding hydrogens is 315 g/mol. The van der Waals surface area contributed by atoms with Crippen molar-refractivity contribution < 1.29 is 14.6 Å². The van der Waals surface area contributed by atoms with Crippen molar-refractivity contribution in [1.82, 2.24) is 0 Å². The molecule has 7 heteroatoms. The topological polar surface area (TPSA) is 75.8 Å². The third-order valence-corrected chi connectivity index (χ3v) is 3.15. The Kier molecular flexibility index (Phi) is 8.27. The second-order valence-electron chi connectivity index (χ2n) is 4.53. The highest BCUT2D eigenvalue weighted by atomic mass is 35.5. The van der Waals surface area contributed by atoms with E-state index in [1.54, 1.807) is 0 Å². The normalized spacial score (nSPS) is 12.0. The van der Waals surface area contributed by atoms with Crippen LogP contribution in [0.4, 0.5) is 5.69 Å². The minimum atomic E-state index is -0.931. The van der Waals surface area contributed by atoms with Crippen LogP contribution >= 0.6 is 23.2 Å². The van der Waals surface area contributed by atoms with Crippen molar-refractivity contribution in [3.63, 3.8) is 0 Å². The number of rotatable bonds is 10. The monoisotopic (exact) mass is 334 g/mol. The SMILES string of the molecule is NC(COc1ccc(N(CCCl)CCCl)cc1)CC(=O)O. The van der Waals surface area contributed by atoms with E-state index < -0.39 is 12.0 Å². The first-order valence-corrected chi connectivity index (χ1v) is 7.70. The van der Waals surface area contributed by atoms with Crippen molar-refractivity contribution >= 4 is 34.9 Å². The summed E-state index contributed by atoms with van der Waals surface area (Å²) in [5.74, 6) is 0.772. The van der Waals surface area contributed by atoms with Crippen molar-refractivity contribution in [3.8, 4) is 5.75 Å². The number of benzene rings is 1. The highest BCUT2D eigenvalue weighted by Crippen LogP contribution is 2.19. The molecule has 118 valence electrons. The minimum absolute atomic E-state index is 0.114. The summed E-state index contributed by atoms with van der Waals surface area (Å²) < 4.78 is 5.46. The van der Waals surface area contributed by atoms with Crippen molar-refractivity contribution in [1.29, 1.82) is 0 Å². The molecule has 5 nitrogen and oxygen atoms in total. The minimum Gasteiger partial charge on any atom is -0.492 e. The third kappa shape index (κ3) is 6.89. The molecule has 21 heavy (non-hydrogen) atoms. The number of carboxylic acids is 1. The zero-order valence-electron chi connectivity index (χ0n) is 11.7. The molecule has 0 saturated carbocycles. The van der Waals surface area contributed by atoms with Crippen molar-refractivity contribution in [3.05, 3.63) is 24.3 Å². The van der Waals surface area contributed by atoms with Gasteiger partial charge < -0.3 is 20.5 Å². The van der Waals surface area contributed by atoms with Gasteiger partial charge in [0, 0.05) is 36.6 Å². The highest BCUT2D eigenvalue weighted by Gasteiger charge is 2.09. The van der Waals surface area contributed by atoms with Gasteiger partial charge in [-0.3, -0.25) is 4.79 Å². The predicted molar refractivity (Wildman–Crippen MR) is 85.8 cm³/mol. The molecule has 3 N–H and O–H groups in total. The third-order valence-electron chi connectivity index (χ3n) is 2.81. The smallest absolute Gasteiger partial charge is 0.305 e. The predicted octanol–water partition coefficient (Wildman–Crippen LogP) is 2.15. The first-order chi connectivity index (χ1) is 10.1. The van der Waals surface area contributed by atoms with Crippen molar-refractivity contribution in [2.45, 2.75) is 12.5 Å². The molecule has 0 amide bonds. The molecule has 0 bridgehead atoms. The number of aliphatic carboxylic acids is 1. The second-order valence-corrected chi connectivity index (χ2v) is 5.28. The summed E-state index contributed by atoms with van der Waals surface area (Å²) in [6, 6.07) is 6.94. The fourth-order valence-electron chi connectivity index (χ4n) is 1.81. The van der Waals surface area contributed by atoms with Gasteiger partial charge in [0.15, 0.2) is 0 Å². The summed E-state index contributed by atoms with van der Waals surface area (Å²) in [4.78, 5) is 12.6. The highest BCUT2D eigenvalue weighted by molar-refractivity contribution is 6.18. The van der Waals surface area contributed by atoms with Gasteiger partial charge in [-0.05, 0) is 24.3 Å². The van der Waals surface area contributed by atoms with E-state index >= 15 is 0 Å². The van der Waals surface area contributed by atoms with E-state index in [0.29, 0.717) is 17.5 Å². The zero-order chi connectivity index (χ0) is 15.7. The van der Waals surface area contributed by atoms with Crippen LogP contribution in [0.1, 0.15) is 6.42 Å². The summed E-state index contributed by atoms with van der Waals surface area (Å²) >= 11 is 11.5. The molecule has 0 aliphatic rings. The van der Waals surface area contributed by atoms with Gasteiger partial charge in [-0.2, -0.15) is 0 Å². The van der Waals surface area contributed by atoms with Gasteiger partial charge in [0.25, 0.3) is 0 Å². The summed E-state index contributed by atoms with van der Waals surface area (Å²) in [6.45, 7) is 1.61. The van der Waals surface area contributed by atoms with Crippen LogP contribution in [-0.2, 0) is 4.79 Å². The molecule has 0 aromatic heterocycles. The van der Waals surface area contributed by atoms with Crippen LogP contribution in [0.2, 0.25) is 0 Å². The Morgan fingerprint density at radius 3 is 2.29 bits per heavy atom. The first kappa shape index (κ1) is 17.9. The molecule has 1 aromatic carbocycles. The van der Waals surface area contributed by atoms with Crippen LogP contribution in [0.3, 0.4) is 0 Å². The Bertz CT molecular complexity index is 423. The average molecular weight is 335 g/mol. The molecule has 0 fully saturated rings.